The predicted octanol–water partition coefficient (Wildman–Crippen LogP) is 1.48. The first-order valence-electron chi connectivity index (χ1n) is 4.59. The maximum absolute atomic E-state index is 5.53. The van der Waals surface area contributed by atoms with Crippen LogP contribution in [0, 0.1) is 0 Å². The van der Waals surface area contributed by atoms with Crippen molar-refractivity contribution in [2.24, 2.45) is 5.73 Å². The van der Waals surface area contributed by atoms with Crippen molar-refractivity contribution in [3.8, 4) is 0 Å². The fraction of sp³-hybridized carbons (Fsp3) is 0.667. The number of nitrogens with two attached hydrogens (primary N) is 1. The molecule has 0 saturated carbocycles. The minimum atomic E-state index is 0.532. The normalized spacial score (nSPS) is 13.2. The van der Waals surface area contributed by atoms with Crippen LogP contribution in [-0.4, -0.2) is 21.6 Å². The van der Waals surface area contributed by atoms with Crippen LogP contribution in [0.4, 0.5) is 0 Å². The number of aryl methyl sites for hydroxylation is 1. The third-order valence-corrected chi connectivity index (χ3v) is 3.14. The molecular formula is C9H17N3S. The van der Waals surface area contributed by atoms with Crippen molar-refractivity contribution >= 4 is 11.8 Å². The van der Waals surface area contributed by atoms with E-state index >= 15 is 0 Å². The van der Waals surface area contributed by atoms with Gasteiger partial charge in [-0.25, -0.2) is 0 Å². The lowest BCUT2D eigenvalue weighted by Gasteiger charge is -2.05. The Bertz CT molecular complexity index is 247. The van der Waals surface area contributed by atoms with Gasteiger partial charge in [0.25, 0.3) is 0 Å². The Labute approximate surface area is 83.7 Å². The van der Waals surface area contributed by atoms with Gasteiger partial charge in [-0.05, 0) is 12.5 Å². The largest absolute Gasteiger partial charge is 0.329 e. The van der Waals surface area contributed by atoms with E-state index in [0.717, 1.165) is 18.8 Å². The Hall–Kier alpha value is -0.480. The Kier molecular flexibility index (Phi) is 4.32. The fourth-order valence-corrected chi connectivity index (χ4v) is 1.72. The van der Waals surface area contributed by atoms with E-state index in [4.69, 9.17) is 5.73 Å². The lowest BCUT2D eigenvalue weighted by molar-refractivity contribution is 0.659. The first-order valence-corrected chi connectivity index (χ1v) is 5.64. The van der Waals surface area contributed by atoms with Crippen LogP contribution < -0.4 is 5.73 Å². The minimum absolute atomic E-state index is 0.532. The van der Waals surface area contributed by atoms with Crippen molar-refractivity contribution in [2.75, 3.05) is 6.54 Å². The standard InChI is InChI=1S/C9H17N3S/c1-3-12-6-9(5-11-12)7-13-8(2)4-10/h5-6,8H,3-4,7,10H2,1-2H3. The molecule has 0 aromatic carbocycles. The lowest BCUT2D eigenvalue weighted by Crippen LogP contribution is -2.12. The average molecular weight is 199 g/mol. The maximum Gasteiger partial charge on any atom is 0.0530 e. The number of aromatic nitrogens is 2. The van der Waals surface area contributed by atoms with Gasteiger partial charge >= 0.3 is 0 Å². The Morgan fingerprint density at radius 3 is 3.00 bits per heavy atom. The molecule has 1 aromatic rings. The molecule has 13 heavy (non-hydrogen) atoms. The van der Waals surface area contributed by atoms with Crippen molar-refractivity contribution in [2.45, 2.75) is 31.4 Å². The molecule has 0 aliphatic heterocycles. The smallest absolute Gasteiger partial charge is 0.0530 e. The van der Waals surface area contributed by atoms with Gasteiger partial charge in [0.2, 0.25) is 0 Å². The molecule has 74 valence electrons. The van der Waals surface area contributed by atoms with E-state index in [9.17, 15) is 0 Å². The van der Waals surface area contributed by atoms with E-state index in [1.54, 1.807) is 0 Å². The number of nitrogens with zero attached hydrogens (tertiary/aromatic N) is 2. The number of thioether (sulfide) groups is 1. The summed E-state index contributed by atoms with van der Waals surface area (Å²) >= 11 is 1.87. The molecule has 0 spiro atoms. The molecule has 1 atom stereocenters. The van der Waals surface area contributed by atoms with Crippen molar-refractivity contribution in [3.63, 3.8) is 0 Å². The van der Waals surface area contributed by atoms with Crippen LogP contribution >= 0.6 is 11.8 Å². The predicted molar refractivity (Wildman–Crippen MR) is 57.7 cm³/mol. The molecule has 0 saturated heterocycles. The first kappa shape index (κ1) is 10.6. The zero-order valence-corrected chi connectivity index (χ0v) is 9.05. The molecular weight excluding hydrogens is 182 g/mol. The van der Waals surface area contributed by atoms with E-state index in [1.807, 2.05) is 22.6 Å². The molecule has 3 nitrogen and oxygen atoms in total. The van der Waals surface area contributed by atoms with E-state index in [0.29, 0.717) is 5.25 Å². The fourth-order valence-electron chi connectivity index (χ4n) is 0.960. The second kappa shape index (κ2) is 5.29. The second-order valence-electron chi connectivity index (χ2n) is 3.06. The highest BCUT2D eigenvalue weighted by atomic mass is 32.2. The van der Waals surface area contributed by atoms with Gasteiger partial charge in [0, 0.05) is 30.3 Å². The average Bonchev–Trinajstić information content (AvgIpc) is 2.61. The highest BCUT2D eigenvalue weighted by Gasteiger charge is 2.01. The Balaban J connectivity index is 2.36. The summed E-state index contributed by atoms with van der Waals surface area (Å²) < 4.78 is 1.95. The summed E-state index contributed by atoms with van der Waals surface area (Å²) in [6.45, 7) is 5.92. The van der Waals surface area contributed by atoms with Crippen LogP contribution in [-0.2, 0) is 12.3 Å². The summed E-state index contributed by atoms with van der Waals surface area (Å²) in [5.74, 6) is 1.01. The van der Waals surface area contributed by atoms with Crippen LogP contribution in [0.5, 0.6) is 0 Å². The summed E-state index contributed by atoms with van der Waals surface area (Å²) in [6, 6.07) is 0. The van der Waals surface area contributed by atoms with Crippen molar-refractivity contribution < 1.29 is 0 Å². The molecule has 4 heteroatoms. The quantitative estimate of drug-likeness (QED) is 0.781. The van der Waals surface area contributed by atoms with Gasteiger partial charge in [0.15, 0.2) is 0 Å². The molecule has 1 rings (SSSR count). The number of hydrogen-bond donors (Lipinski definition) is 1. The van der Waals surface area contributed by atoms with Crippen molar-refractivity contribution in [1.29, 1.82) is 0 Å². The molecule has 0 bridgehead atoms. The molecule has 0 aliphatic rings. The van der Waals surface area contributed by atoms with Gasteiger partial charge < -0.3 is 5.73 Å². The minimum Gasteiger partial charge on any atom is -0.329 e. The number of hydrogen-bond acceptors (Lipinski definition) is 3. The summed E-state index contributed by atoms with van der Waals surface area (Å²) in [4.78, 5) is 0. The zero-order valence-electron chi connectivity index (χ0n) is 8.23. The summed E-state index contributed by atoms with van der Waals surface area (Å²) in [5.41, 5.74) is 6.81. The van der Waals surface area contributed by atoms with Crippen LogP contribution in [0.25, 0.3) is 0 Å². The first-order chi connectivity index (χ1) is 6.26. The molecule has 2 N–H and O–H groups in total. The van der Waals surface area contributed by atoms with Crippen LogP contribution in [0.3, 0.4) is 0 Å². The van der Waals surface area contributed by atoms with E-state index in [-0.39, 0.29) is 0 Å². The highest BCUT2D eigenvalue weighted by molar-refractivity contribution is 7.99. The summed E-state index contributed by atoms with van der Waals surface area (Å²) in [6.07, 6.45) is 4.02. The van der Waals surface area contributed by atoms with Crippen LogP contribution in [0.2, 0.25) is 0 Å². The van der Waals surface area contributed by atoms with Gasteiger partial charge in [0.1, 0.15) is 0 Å². The topological polar surface area (TPSA) is 43.8 Å². The van der Waals surface area contributed by atoms with Gasteiger partial charge in [-0.15, -0.1) is 0 Å². The molecule has 0 fully saturated rings. The van der Waals surface area contributed by atoms with E-state index in [2.05, 4.69) is 25.1 Å². The third kappa shape index (κ3) is 3.40. The zero-order chi connectivity index (χ0) is 9.68. The van der Waals surface area contributed by atoms with Crippen molar-refractivity contribution in [1.82, 2.24) is 9.78 Å². The second-order valence-corrected chi connectivity index (χ2v) is 4.49. The summed E-state index contributed by atoms with van der Waals surface area (Å²) in [5, 5.41) is 4.74. The maximum atomic E-state index is 5.53. The molecule has 0 radical (unpaired) electrons. The van der Waals surface area contributed by atoms with E-state index in [1.165, 1.54) is 5.56 Å². The molecule has 1 aromatic heterocycles. The molecule has 1 heterocycles. The molecule has 0 amide bonds. The van der Waals surface area contributed by atoms with E-state index < -0.39 is 0 Å². The van der Waals surface area contributed by atoms with Crippen molar-refractivity contribution in [3.05, 3.63) is 18.0 Å². The lowest BCUT2D eigenvalue weighted by atomic mass is 10.4. The van der Waals surface area contributed by atoms with Gasteiger partial charge in [0.05, 0.1) is 6.20 Å². The summed E-state index contributed by atoms with van der Waals surface area (Å²) in [7, 11) is 0. The highest BCUT2D eigenvalue weighted by Crippen LogP contribution is 2.15. The van der Waals surface area contributed by atoms with Gasteiger partial charge in [-0.3, -0.25) is 4.68 Å². The Morgan fingerprint density at radius 1 is 1.69 bits per heavy atom. The third-order valence-electron chi connectivity index (χ3n) is 1.88. The molecule has 0 aliphatic carbocycles. The van der Waals surface area contributed by atoms with Crippen LogP contribution in [0.15, 0.2) is 12.4 Å². The SMILES string of the molecule is CCn1cc(CSC(C)CN)cn1. The van der Waals surface area contributed by atoms with Gasteiger partial charge in [-0.1, -0.05) is 6.92 Å². The number of rotatable bonds is 5. The van der Waals surface area contributed by atoms with Gasteiger partial charge in [-0.2, -0.15) is 16.9 Å². The van der Waals surface area contributed by atoms with Crippen LogP contribution in [0.1, 0.15) is 19.4 Å². The Morgan fingerprint density at radius 2 is 2.46 bits per heavy atom. The monoisotopic (exact) mass is 199 g/mol. The molecule has 1 unspecified atom stereocenters.